The summed E-state index contributed by atoms with van der Waals surface area (Å²) >= 11 is 0. The van der Waals surface area contributed by atoms with Crippen LogP contribution in [0.3, 0.4) is 0 Å². The maximum atomic E-state index is 11.2. The maximum absolute atomic E-state index is 11.2. The summed E-state index contributed by atoms with van der Waals surface area (Å²) in [4.78, 5) is 23.1. The number of carbonyl (C=O) groups is 1. The highest BCUT2D eigenvalue weighted by atomic mass is 16.1. The molecule has 2 aromatic carbocycles. The molecule has 116 valence electrons. The van der Waals surface area contributed by atoms with Crippen molar-refractivity contribution in [2.45, 2.75) is 0 Å². The second-order valence-electron chi connectivity index (χ2n) is 5.49. The Morgan fingerprint density at radius 1 is 0.875 bits per heavy atom. The molecule has 0 fully saturated rings. The fourth-order valence-corrected chi connectivity index (χ4v) is 2.66. The van der Waals surface area contributed by atoms with Crippen LogP contribution in [0, 0.1) is 0 Å². The predicted octanol–water partition coefficient (Wildman–Crippen LogP) is 3.39. The fourth-order valence-electron chi connectivity index (χ4n) is 2.66. The Morgan fingerprint density at radius 3 is 2.29 bits per heavy atom. The molecule has 0 aliphatic heterocycles. The standard InChI is InChI=1S/C19H14N4O/c20-18(24)13-1-3-14(4-2-13)19-22-16-6-5-15(11-17(16)23-19)12-7-9-21-10-8-12/h1-11H,(H2,20,24)(H,22,23). The molecule has 4 rings (SSSR count). The van der Waals surface area contributed by atoms with Gasteiger partial charge in [-0.3, -0.25) is 9.78 Å². The summed E-state index contributed by atoms with van der Waals surface area (Å²) < 4.78 is 0. The number of hydrogen-bond donors (Lipinski definition) is 2. The van der Waals surface area contributed by atoms with Crippen molar-refractivity contribution < 1.29 is 4.79 Å². The Hall–Kier alpha value is -3.47. The van der Waals surface area contributed by atoms with E-state index in [-0.39, 0.29) is 0 Å². The summed E-state index contributed by atoms with van der Waals surface area (Å²) in [6, 6.07) is 17.1. The number of nitrogens with one attached hydrogen (secondary N) is 1. The lowest BCUT2D eigenvalue weighted by Crippen LogP contribution is -2.10. The van der Waals surface area contributed by atoms with Gasteiger partial charge in [0.15, 0.2) is 0 Å². The highest BCUT2D eigenvalue weighted by molar-refractivity contribution is 5.93. The molecule has 2 aromatic heterocycles. The largest absolute Gasteiger partial charge is 0.366 e. The molecule has 0 saturated heterocycles. The van der Waals surface area contributed by atoms with E-state index in [1.54, 1.807) is 24.5 Å². The van der Waals surface area contributed by atoms with E-state index in [1.807, 2.05) is 36.4 Å². The zero-order valence-electron chi connectivity index (χ0n) is 12.7. The number of pyridine rings is 1. The first-order chi connectivity index (χ1) is 11.7. The van der Waals surface area contributed by atoms with Crippen molar-refractivity contribution in [2.24, 2.45) is 5.73 Å². The lowest BCUT2D eigenvalue weighted by Gasteiger charge is -2.00. The third-order valence-electron chi connectivity index (χ3n) is 3.94. The molecule has 0 atom stereocenters. The van der Waals surface area contributed by atoms with Crippen LogP contribution in [-0.4, -0.2) is 20.9 Å². The van der Waals surface area contributed by atoms with Crippen LogP contribution < -0.4 is 5.73 Å². The number of amides is 1. The zero-order valence-corrected chi connectivity index (χ0v) is 12.7. The molecule has 5 nitrogen and oxygen atoms in total. The number of H-pyrrole nitrogens is 1. The van der Waals surface area contributed by atoms with E-state index >= 15 is 0 Å². The number of imidazole rings is 1. The number of nitrogens with two attached hydrogens (primary N) is 1. The van der Waals surface area contributed by atoms with E-state index in [4.69, 9.17) is 5.73 Å². The molecular formula is C19H14N4O. The van der Waals surface area contributed by atoms with Crippen LogP contribution in [0.4, 0.5) is 0 Å². The first-order valence-electron chi connectivity index (χ1n) is 7.51. The third-order valence-corrected chi connectivity index (χ3v) is 3.94. The summed E-state index contributed by atoms with van der Waals surface area (Å²) in [6.45, 7) is 0. The summed E-state index contributed by atoms with van der Waals surface area (Å²) in [5.74, 6) is 0.320. The van der Waals surface area contributed by atoms with Crippen LogP contribution in [0.2, 0.25) is 0 Å². The van der Waals surface area contributed by atoms with Crippen molar-refractivity contribution in [1.29, 1.82) is 0 Å². The number of primary amides is 1. The smallest absolute Gasteiger partial charge is 0.248 e. The molecule has 2 heterocycles. The zero-order chi connectivity index (χ0) is 16.5. The molecule has 0 unspecified atom stereocenters. The third kappa shape index (κ3) is 2.52. The average Bonchev–Trinajstić information content (AvgIpc) is 3.06. The Balaban J connectivity index is 1.74. The molecule has 0 aliphatic carbocycles. The van der Waals surface area contributed by atoms with Crippen molar-refractivity contribution in [2.75, 3.05) is 0 Å². The number of nitrogens with zero attached hydrogens (tertiary/aromatic N) is 2. The summed E-state index contributed by atoms with van der Waals surface area (Å²) in [5.41, 5.74) is 10.7. The Labute approximate surface area is 138 Å². The molecule has 1 amide bonds. The summed E-state index contributed by atoms with van der Waals surface area (Å²) in [7, 11) is 0. The lowest BCUT2D eigenvalue weighted by atomic mass is 10.1. The van der Waals surface area contributed by atoms with Crippen LogP contribution in [0.25, 0.3) is 33.5 Å². The molecule has 3 N–H and O–H groups in total. The van der Waals surface area contributed by atoms with Gasteiger partial charge < -0.3 is 10.7 Å². The highest BCUT2D eigenvalue weighted by Gasteiger charge is 2.08. The van der Waals surface area contributed by atoms with Gasteiger partial charge in [-0.1, -0.05) is 18.2 Å². The summed E-state index contributed by atoms with van der Waals surface area (Å²) in [6.07, 6.45) is 3.55. The van der Waals surface area contributed by atoms with E-state index in [2.05, 4.69) is 21.0 Å². The molecular weight excluding hydrogens is 300 g/mol. The van der Waals surface area contributed by atoms with Gasteiger partial charge in [0.1, 0.15) is 5.82 Å². The van der Waals surface area contributed by atoms with Gasteiger partial charge in [-0.05, 0) is 47.5 Å². The Kier molecular flexibility index (Phi) is 3.31. The fraction of sp³-hybridized carbons (Fsp3) is 0. The molecule has 0 spiro atoms. The van der Waals surface area contributed by atoms with Crippen molar-refractivity contribution >= 4 is 16.9 Å². The first-order valence-corrected chi connectivity index (χ1v) is 7.51. The molecule has 5 heteroatoms. The Morgan fingerprint density at radius 2 is 1.58 bits per heavy atom. The second kappa shape index (κ2) is 5.62. The lowest BCUT2D eigenvalue weighted by molar-refractivity contribution is 0.100. The minimum atomic E-state index is -0.437. The molecule has 0 bridgehead atoms. The van der Waals surface area contributed by atoms with Gasteiger partial charge in [-0.25, -0.2) is 4.98 Å². The predicted molar refractivity (Wildman–Crippen MR) is 93.3 cm³/mol. The van der Waals surface area contributed by atoms with Gasteiger partial charge in [0.25, 0.3) is 0 Å². The molecule has 0 radical (unpaired) electrons. The topological polar surface area (TPSA) is 84.7 Å². The SMILES string of the molecule is NC(=O)c1ccc(-c2nc3ccc(-c4ccncc4)cc3[nH]2)cc1. The van der Waals surface area contributed by atoms with Crippen LogP contribution in [0.15, 0.2) is 67.0 Å². The van der Waals surface area contributed by atoms with Crippen LogP contribution >= 0.6 is 0 Å². The van der Waals surface area contributed by atoms with Gasteiger partial charge in [0.05, 0.1) is 11.0 Å². The van der Waals surface area contributed by atoms with Gasteiger partial charge in [0, 0.05) is 23.5 Å². The van der Waals surface area contributed by atoms with Crippen LogP contribution in [-0.2, 0) is 0 Å². The minimum absolute atomic E-state index is 0.437. The van der Waals surface area contributed by atoms with E-state index in [0.717, 1.165) is 33.5 Å². The number of carbonyl (C=O) groups excluding carboxylic acids is 1. The monoisotopic (exact) mass is 314 g/mol. The van der Waals surface area contributed by atoms with Gasteiger partial charge in [-0.15, -0.1) is 0 Å². The van der Waals surface area contributed by atoms with Gasteiger partial charge in [-0.2, -0.15) is 0 Å². The number of aromatic nitrogens is 3. The van der Waals surface area contributed by atoms with E-state index in [0.29, 0.717) is 5.56 Å². The molecule has 0 saturated carbocycles. The first kappa shape index (κ1) is 14.1. The van der Waals surface area contributed by atoms with Crippen LogP contribution in [0.1, 0.15) is 10.4 Å². The number of aromatic amines is 1. The molecule has 0 aliphatic rings. The number of hydrogen-bond acceptors (Lipinski definition) is 3. The number of fused-ring (bicyclic) bond motifs is 1. The quantitative estimate of drug-likeness (QED) is 0.608. The van der Waals surface area contributed by atoms with Crippen LogP contribution in [0.5, 0.6) is 0 Å². The normalized spacial score (nSPS) is 10.8. The Bertz CT molecular complexity index is 1020. The number of benzene rings is 2. The van der Waals surface area contributed by atoms with E-state index in [1.165, 1.54) is 0 Å². The van der Waals surface area contributed by atoms with E-state index in [9.17, 15) is 4.79 Å². The van der Waals surface area contributed by atoms with Crippen molar-refractivity contribution in [3.8, 4) is 22.5 Å². The van der Waals surface area contributed by atoms with Crippen molar-refractivity contribution in [1.82, 2.24) is 15.0 Å². The van der Waals surface area contributed by atoms with Gasteiger partial charge >= 0.3 is 0 Å². The minimum Gasteiger partial charge on any atom is -0.366 e. The van der Waals surface area contributed by atoms with Crippen molar-refractivity contribution in [3.63, 3.8) is 0 Å². The second-order valence-corrected chi connectivity index (χ2v) is 5.49. The molecule has 24 heavy (non-hydrogen) atoms. The number of rotatable bonds is 3. The average molecular weight is 314 g/mol. The van der Waals surface area contributed by atoms with Gasteiger partial charge in [0.2, 0.25) is 5.91 Å². The highest BCUT2D eigenvalue weighted by Crippen LogP contribution is 2.25. The summed E-state index contributed by atoms with van der Waals surface area (Å²) in [5, 5.41) is 0. The van der Waals surface area contributed by atoms with Crippen molar-refractivity contribution in [3.05, 3.63) is 72.6 Å². The van der Waals surface area contributed by atoms with E-state index < -0.39 is 5.91 Å². The maximum Gasteiger partial charge on any atom is 0.248 e. The molecule has 4 aromatic rings.